The second-order valence-electron chi connectivity index (χ2n) is 4.37. The van der Waals surface area contributed by atoms with Gasteiger partial charge in [0.25, 0.3) is 0 Å². The van der Waals surface area contributed by atoms with Gasteiger partial charge in [-0.1, -0.05) is 17.7 Å². The highest BCUT2D eigenvalue weighted by Gasteiger charge is 2.17. The third-order valence-corrected chi connectivity index (χ3v) is 3.40. The quantitative estimate of drug-likeness (QED) is 0.764. The van der Waals surface area contributed by atoms with Gasteiger partial charge in [-0.15, -0.1) is 0 Å². The molecule has 7 heteroatoms. The molecule has 0 saturated carbocycles. The lowest BCUT2D eigenvalue weighted by Gasteiger charge is -2.07. The van der Waals surface area contributed by atoms with Crippen molar-refractivity contribution in [2.45, 2.75) is 0 Å². The Hall–Kier alpha value is -2.60. The first kappa shape index (κ1) is 13.4. The van der Waals surface area contributed by atoms with E-state index in [-0.39, 0.29) is 21.8 Å². The predicted molar refractivity (Wildman–Crippen MR) is 75.8 cm³/mol. The molecule has 1 heterocycles. The van der Waals surface area contributed by atoms with Crippen molar-refractivity contribution >= 4 is 28.6 Å². The standard InChI is InChI=1S/C14H8ClFN2O3/c15-8-2-1-3-9(16)12(8)18-11-6-7(13(19)20)4-5-10(11)17-14(18)21/h1-6H,(H,17,21)(H,19,20). The maximum absolute atomic E-state index is 14.0. The van der Waals surface area contributed by atoms with Gasteiger partial charge in [-0.2, -0.15) is 0 Å². The minimum absolute atomic E-state index is 0.0114. The first-order chi connectivity index (χ1) is 9.99. The summed E-state index contributed by atoms with van der Waals surface area (Å²) in [7, 11) is 0. The zero-order valence-electron chi connectivity index (χ0n) is 10.4. The Kier molecular flexibility index (Phi) is 3.03. The number of rotatable bonds is 2. The SMILES string of the molecule is O=C(O)c1ccc2[nH]c(=O)n(-c3c(F)cccc3Cl)c2c1. The maximum atomic E-state index is 14.0. The fourth-order valence-corrected chi connectivity index (χ4v) is 2.41. The summed E-state index contributed by atoms with van der Waals surface area (Å²) >= 11 is 5.97. The van der Waals surface area contributed by atoms with Crippen molar-refractivity contribution in [1.29, 1.82) is 0 Å². The van der Waals surface area contributed by atoms with Crippen LogP contribution in [0.3, 0.4) is 0 Å². The Morgan fingerprint density at radius 2 is 2.05 bits per heavy atom. The van der Waals surface area contributed by atoms with Gasteiger partial charge in [0.05, 0.1) is 21.6 Å². The zero-order chi connectivity index (χ0) is 15.1. The highest BCUT2D eigenvalue weighted by atomic mass is 35.5. The Morgan fingerprint density at radius 3 is 2.71 bits per heavy atom. The monoisotopic (exact) mass is 306 g/mol. The number of benzene rings is 2. The molecule has 21 heavy (non-hydrogen) atoms. The number of hydrogen-bond donors (Lipinski definition) is 2. The second kappa shape index (κ2) is 4.75. The van der Waals surface area contributed by atoms with Crippen LogP contribution in [0.2, 0.25) is 5.02 Å². The van der Waals surface area contributed by atoms with E-state index < -0.39 is 17.5 Å². The summed E-state index contributed by atoms with van der Waals surface area (Å²) in [5.74, 6) is -1.82. The molecule has 0 aliphatic rings. The minimum Gasteiger partial charge on any atom is -0.478 e. The Morgan fingerprint density at radius 1 is 1.29 bits per heavy atom. The van der Waals surface area contributed by atoms with Crippen LogP contribution in [0.15, 0.2) is 41.2 Å². The lowest BCUT2D eigenvalue weighted by atomic mass is 10.2. The zero-order valence-corrected chi connectivity index (χ0v) is 11.2. The highest BCUT2D eigenvalue weighted by Crippen LogP contribution is 2.25. The number of nitrogens with zero attached hydrogens (tertiary/aromatic N) is 1. The number of para-hydroxylation sites is 1. The molecule has 1 aromatic heterocycles. The molecule has 3 aromatic rings. The third-order valence-electron chi connectivity index (χ3n) is 3.09. The van der Waals surface area contributed by atoms with Gasteiger partial charge in [0, 0.05) is 0 Å². The average Bonchev–Trinajstić information content (AvgIpc) is 2.74. The highest BCUT2D eigenvalue weighted by molar-refractivity contribution is 6.32. The summed E-state index contributed by atoms with van der Waals surface area (Å²) in [6.07, 6.45) is 0. The molecule has 0 aliphatic heterocycles. The van der Waals surface area contributed by atoms with E-state index in [9.17, 15) is 14.0 Å². The number of imidazole rings is 1. The molecule has 2 N–H and O–H groups in total. The fraction of sp³-hybridized carbons (Fsp3) is 0. The summed E-state index contributed by atoms with van der Waals surface area (Å²) in [5.41, 5.74) is -0.0866. The molecular formula is C14H8ClFN2O3. The molecule has 0 radical (unpaired) electrons. The topological polar surface area (TPSA) is 75.1 Å². The number of halogens is 2. The number of nitrogens with one attached hydrogen (secondary N) is 1. The van der Waals surface area contributed by atoms with Crippen LogP contribution in [0.5, 0.6) is 0 Å². The fourth-order valence-electron chi connectivity index (χ4n) is 2.16. The van der Waals surface area contributed by atoms with Crippen molar-refractivity contribution in [3.63, 3.8) is 0 Å². The van der Waals surface area contributed by atoms with Gasteiger partial charge >= 0.3 is 11.7 Å². The predicted octanol–water partition coefficient (Wildman–Crippen LogP) is 2.81. The van der Waals surface area contributed by atoms with Crippen molar-refractivity contribution in [3.8, 4) is 5.69 Å². The van der Waals surface area contributed by atoms with Gasteiger partial charge < -0.3 is 10.1 Å². The molecule has 2 aromatic carbocycles. The van der Waals surface area contributed by atoms with E-state index in [0.717, 1.165) is 4.57 Å². The van der Waals surface area contributed by atoms with Crippen LogP contribution in [0, 0.1) is 5.82 Å². The number of H-pyrrole nitrogens is 1. The van der Waals surface area contributed by atoms with Gasteiger partial charge in [-0.25, -0.2) is 14.0 Å². The first-order valence-corrected chi connectivity index (χ1v) is 6.29. The van der Waals surface area contributed by atoms with Crippen LogP contribution < -0.4 is 5.69 Å². The largest absolute Gasteiger partial charge is 0.478 e. The summed E-state index contributed by atoms with van der Waals surface area (Å²) in [6, 6.07) is 8.14. The van der Waals surface area contributed by atoms with Gasteiger partial charge in [-0.3, -0.25) is 4.57 Å². The first-order valence-electron chi connectivity index (χ1n) is 5.91. The number of aromatic amines is 1. The van der Waals surface area contributed by atoms with E-state index in [1.54, 1.807) is 0 Å². The maximum Gasteiger partial charge on any atom is 0.335 e. The molecule has 0 unspecified atom stereocenters. The molecule has 0 atom stereocenters. The van der Waals surface area contributed by atoms with Crippen molar-refractivity contribution in [1.82, 2.24) is 9.55 Å². The molecule has 5 nitrogen and oxygen atoms in total. The van der Waals surface area contributed by atoms with E-state index in [0.29, 0.717) is 5.52 Å². The Bertz CT molecular complexity index is 909. The van der Waals surface area contributed by atoms with Gasteiger partial charge in [0.2, 0.25) is 0 Å². The molecule has 0 saturated heterocycles. The Balaban J connectivity index is 2.42. The van der Waals surface area contributed by atoms with Crippen LogP contribution >= 0.6 is 11.6 Å². The Labute approximate surface area is 122 Å². The molecule has 0 fully saturated rings. The number of fused-ring (bicyclic) bond motifs is 1. The van der Waals surface area contributed by atoms with E-state index in [2.05, 4.69) is 4.98 Å². The summed E-state index contributed by atoms with van der Waals surface area (Å²) < 4.78 is 15.0. The molecule has 106 valence electrons. The molecule has 0 amide bonds. The summed E-state index contributed by atoms with van der Waals surface area (Å²) in [5, 5.41) is 9.08. The van der Waals surface area contributed by atoms with E-state index in [4.69, 9.17) is 16.7 Å². The molecule has 0 spiro atoms. The number of aromatic carboxylic acids is 1. The number of carbonyl (C=O) groups is 1. The van der Waals surface area contributed by atoms with E-state index >= 15 is 0 Å². The third kappa shape index (κ3) is 2.09. The molecule has 0 bridgehead atoms. The van der Waals surface area contributed by atoms with Crippen molar-refractivity contribution in [2.75, 3.05) is 0 Å². The van der Waals surface area contributed by atoms with E-state index in [1.807, 2.05) is 0 Å². The van der Waals surface area contributed by atoms with Crippen molar-refractivity contribution in [2.24, 2.45) is 0 Å². The van der Waals surface area contributed by atoms with Gasteiger partial charge in [0.15, 0.2) is 0 Å². The number of hydrogen-bond acceptors (Lipinski definition) is 2. The van der Waals surface area contributed by atoms with Gasteiger partial charge in [0.1, 0.15) is 11.5 Å². The number of carboxylic acids is 1. The smallest absolute Gasteiger partial charge is 0.335 e. The van der Waals surface area contributed by atoms with Crippen LogP contribution in [0.4, 0.5) is 4.39 Å². The summed E-state index contributed by atoms with van der Waals surface area (Å²) in [4.78, 5) is 25.6. The molecule has 0 aliphatic carbocycles. The van der Waals surface area contributed by atoms with Crippen LogP contribution in [-0.4, -0.2) is 20.6 Å². The average molecular weight is 307 g/mol. The van der Waals surface area contributed by atoms with Crippen molar-refractivity contribution < 1.29 is 14.3 Å². The minimum atomic E-state index is -1.14. The van der Waals surface area contributed by atoms with Crippen molar-refractivity contribution in [3.05, 3.63) is 63.3 Å². The lowest BCUT2D eigenvalue weighted by molar-refractivity contribution is 0.0697. The van der Waals surface area contributed by atoms with Crippen LogP contribution in [-0.2, 0) is 0 Å². The summed E-state index contributed by atoms with van der Waals surface area (Å²) in [6.45, 7) is 0. The van der Waals surface area contributed by atoms with Crippen LogP contribution in [0.25, 0.3) is 16.7 Å². The normalized spacial score (nSPS) is 11.0. The van der Waals surface area contributed by atoms with Gasteiger partial charge in [-0.05, 0) is 30.3 Å². The lowest BCUT2D eigenvalue weighted by Crippen LogP contribution is -2.16. The molecular weight excluding hydrogens is 299 g/mol. The number of aromatic nitrogens is 2. The second-order valence-corrected chi connectivity index (χ2v) is 4.78. The van der Waals surface area contributed by atoms with Crippen LogP contribution in [0.1, 0.15) is 10.4 Å². The molecule has 3 rings (SSSR count). The van der Waals surface area contributed by atoms with E-state index in [1.165, 1.54) is 36.4 Å². The number of carboxylic acid groups (broad SMARTS) is 1.